The van der Waals surface area contributed by atoms with Crippen molar-refractivity contribution < 1.29 is 0 Å². The van der Waals surface area contributed by atoms with Crippen molar-refractivity contribution in [1.82, 2.24) is 9.97 Å². The molecule has 0 spiro atoms. The fourth-order valence-electron chi connectivity index (χ4n) is 2.20. The molecule has 3 rings (SSSR count). The van der Waals surface area contributed by atoms with E-state index in [0.717, 1.165) is 37.2 Å². The summed E-state index contributed by atoms with van der Waals surface area (Å²) in [6.07, 6.45) is 5.59. The molecule has 1 heterocycles. The van der Waals surface area contributed by atoms with E-state index in [0.29, 0.717) is 0 Å². The van der Waals surface area contributed by atoms with Crippen LogP contribution in [0.2, 0.25) is 0 Å². The van der Waals surface area contributed by atoms with Crippen molar-refractivity contribution >= 4 is 0 Å². The Morgan fingerprint density at radius 1 is 1.21 bits per heavy atom. The second-order valence-electron chi connectivity index (χ2n) is 4.57. The molecular formula is C11H15N3. The van der Waals surface area contributed by atoms with E-state index in [4.69, 9.17) is 5.73 Å². The predicted octanol–water partition coefficient (Wildman–Crippen LogP) is 1.22. The van der Waals surface area contributed by atoms with Crippen LogP contribution in [0.5, 0.6) is 0 Å². The fourth-order valence-corrected chi connectivity index (χ4v) is 2.20. The number of nitrogens with two attached hydrogens (primary N) is 1. The minimum absolute atomic E-state index is 0.178. The SMILES string of the molecule is Cc1nc(C2(N)CC2)nc2c1CCC2. The summed E-state index contributed by atoms with van der Waals surface area (Å²) in [5, 5.41) is 0. The highest BCUT2D eigenvalue weighted by Crippen LogP contribution is 2.41. The molecule has 1 aromatic rings. The van der Waals surface area contributed by atoms with Gasteiger partial charge in [-0.2, -0.15) is 0 Å². The molecule has 0 bridgehead atoms. The van der Waals surface area contributed by atoms with Crippen LogP contribution >= 0.6 is 0 Å². The maximum absolute atomic E-state index is 6.11. The molecule has 0 saturated heterocycles. The first-order valence-corrected chi connectivity index (χ1v) is 5.35. The van der Waals surface area contributed by atoms with Gasteiger partial charge in [0.1, 0.15) is 5.82 Å². The maximum Gasteiger partial charge on any atom is 0.148 e. The molecule has 0 radical (unpaired) electrons. The molecule has 1 fully saturated rings. The van der Waals surface area contributed by atoms with Crippen molar-refractivity contribution in [2.45, 2.75) is 44.6 Å². The van der Waals surface area contributed by atoms with Gasteiger partial charge in [-0.05, 0) is 44.6 Å². The topological polar surface area (TPSA) is 51.8 Å². The summed E-state index contributed by atoms with van der Waals surface area (Å²) in [6.45, 7) is 2.08. The zero-order chi connectivity index (χ0) is 9.76. The Morgan fingerprint density at radius 3 is 2.71 bits per heavy atom. The van der Waals surface area contributed by atoms with Gasteiger partial charge in [0.15, 0.2) is 0 Å². The molecule has 0 aromatic carbocycles. The van der Waals surface area contributed by atoms with Gasteiger partial charge in [-0.3, -0.25) is 0 Å². The molecule has 1 aromatic heterocycles. The van der Waals surface area contributed by atoms with Crippen molar-refractivity contribution in [1.29, 1.82) is 0 Å². The van der Waals surface area contributed by atoms with Crippen molar-refractivity contribution in [3.05, 3.63) is 22.8 Å². The van der Waals surface area contributed by atoms with E-state index in [1.54, 1.807) is 0 Å². The first kappa shape index (κ1) is 8.36. The first-order valence-electron chi connectivity index (χ1n) is 5.35. The number of fused-ring (bicyclic) bond motifs is 1. The number of rotatable bonds is 1. The highest BCUT2D eigenvalue weighted by Gasteiger charge is 2.43. The molecule has 2 N–H and O–H groups in total. The van der Waals surface area contributed by atoms with E-state index < -0.39 is 0 Å². The molecule has 0 unspecified atom stereocenters. The quantitative estimate of drug-likeness (QED) is 0.722. The highest BCUT2D eigenvalue weighted by molar-refractivity contribution is 5.31. The van der Waals surface area contributed by atoms with Gasteiger partial charge in [0.05, 0.1) is 5.54 Å². The summed E-state index contributed by atoms with van der Waals surface area (Å²) in [4.78, 5) is 9.15. The first-order chi connectivity index (χ1) is 6.69. The average molecular weight is 189 g/mol. The van der Waals surface area contributed by atoms with E-state index in [9.17, 15) is 0 Å². The molecule has 2 aliphatic rings. The molecule has 3 heteroatoms. The summed E-state index contributed by atoms with van der Waals surface area (Å²) < 4.78 is 0. The van der Waals surface area contributed by atoms with E-state index in [1.807, 2.05) is 0 Å². The van der Waals surface area contributed by atoms with E-state index in [-0.39, 0.29) is 5.54 Å². The summed E-state index contributed by atoms with van der Waals surface area (Å²) in [5.41, 5.74) is 9.71. The van der Waals surface area contributed by atoms with Gasteiger partial charge in [-0.1, -0.05) is 0 Å². The zero-order valence-electron chi connectivity index (χ0n) is 8.51. The van der Waals surface area contributed by atoms with Gasteiger partial charge in [0, 0.05) is 11.4 Å². The van der Waals surface area contributed by atoms with Gasteiger partial charge < -0.3 is 5.73 Å². The van der Waals surface area contributed by atoms with E-state index in [1.165, 1.54) is 17.7 Å². The van der Waals surface area contributed by atoms with Crippen molar-refractivity contribution in [2.75, 3.05) is 0 Å². The molecule has 1 saturated carbocycles. The Hall–Kier alpha value is -0.960. The lowest BCUT2D eigenvalue weighted by Crippen LogP contribution is -2.23. The Morgan fingerprint density at radius 2 is 2.00 bits per heavy atom. The molecule has 74 valence electrons. The van der Waals surface area contributed by atoms with Crippen LogP contribution < -0.4 is 5.73 Å². The highest BCUT2D eigenvalue weighted by atomic mass is 15.0. The zero-order valence-corrected chi connectivity index (χ0v) is 8.51. The van der Waals surface area contributed by atoms with Gasteiger partial charge >= 0.3 is 0 Å². The molecular weight excluding hydrogens is 174 g/mol. The normalized spacial score (nSPS) is 22.1. The van der Waals surface area contributed by atoms with Gasteiger partial charge in [0.25, 0.3) is 0 Å². The van der Waals surface area contributed by atoms with Crippen LogP contribution in [-0.2, 0) is 18.4 Å². The Labute approximate surface area is 83.8 Å². The number of aromatic nitrogens is 2. The van der Waals surface area contributed by atoms with Gasteiger partial charge in [0.2, 0.25) is 0 Å². The summed E-state index contributed by atoms with van der Waals surface area (Å²) >= 11 is 0. The molecule has 0 aliphatic heterocycles. The second-order valence-corrected chi connectivity index (χ2v) is 4.57. The predicted molar refractivity (Wildman–Crippen MR) is 53.9 cm³/mol. The lowest BCUT2D eigenvalue weighted by molar-refractivity contribution is 0.660. The summed E-state index contributed by atoms with van der Waals surface area (Å²) in [5.74, 6) is 0.885. The summed E-state index contributed by atoms with van der Waals surface area (Å²) in [6, 6.07) is 0. The lowest BCUT2D eigenvalue weighted by Gasteiger charge is -2.10. The number of aryl methyl sites for hydroxylation is 2. The number of hydrogen-bond acceptors (Lipinski definition) is 3. The molecule has 2 aliphatic carbocycles. The largest absolute Gasteiger partial charge is 0.319 e. The molecule has 0 atom stereocenters. The van der Waals surface area contributed by atoms with Crippen molar-refractivity contribution in [3.8, 4) is 0 Å². The third-order valence-electron chi connectivity index (χ3n) is 3.37. The minimum atomic E-state index is -0.178. The second kappa shape index (κ2) is 2.54. The third kappa shape index (κ3) is 1.08. The lowest BCUT2D eigenvalue weighted by atomic mass is 10.1. The van der Waals surface area contributed by atoms with Crippen LogP contribution in [0.1, 0.15) is 42.0 Å². The Kier molecular flexibility index (Phi) is 1.52. The van der Waals surface area contributed by atoms with Crippen LogP contribution in [0.3, 0.4) is 0 Å². The van der Waals surface area contributed by atoms with Crippen LogP contribution in [-0.4, -0.2) is 9.97 Å². The van der Waals surface area contributed by atoms with E-state index in [2.05, 4.69) is 16.9 Å². The number of nitrogens with zero attached hydrogens (tertiary/aromatic N) is 2. The van der Waals surface area contributed by atoms with Gasteiger partial charge in [-0.15, -0.1) is 0 Å². The van der Waals surface area contributed by atoms with Crippen molar-refractivity contribution in [3.63, 3.8) is 0 Å². The fraction of sp³-hybridized carbons (Fsp3) is 0.636. The monoisotopic (exact) mass is 189 g/mol. The molecule has 14 heavy (non-hydrogen) atoms. The van der Waals surface area contributed by atoms with Crippen LogP contribution in [0.15, 0.2) is 0 Å². The Bertz CT molecular complexity index is 394. The van der Waals surface area contributed by atoms with Crippen LogP contribution in [0.25, 0.3) is 0 Å². The third-order valence-corrected chi connectivity index (χ3v) is 3.37. The molecule has 0 amide bonds. The van der Waals surface area contributed by atoms with E-state index >= 15 is 0 Å². The standard InChI is InChI=1S/C11H15N3/c1-7-8-3-2-4-9(8)14-10(13-7)11(12)5-6-11/h2-6,12H2,1H3. The number of hydrogen-bond donors (Lipinski definition) is 1. The van der Waals surface area contributed by atoms with Crippen LogP contribution in [0.4, 0.5) is 0 Å². The summed E-state index contributed by atoms with van der Waals surface area (Å²) in [7, 11) is 0. The maximum atomic E-state index is 6.11. The van der Waals surface area contributed by atoms with Gasteiger partial charge in [-0.25, -0.2) is 9.97 Å². The Balaban J connectivity index is 2.12. The molecule has 3 nitrogen and oxygen atoms in total. The minimum Gasteiger partial charge on any atom is -0.319 e. The van der Waals surface area contributed by atoms with Crippen LogP contribution in [0, 0.1) is 6.92 Å². The van der Waals surface area contributed by atoms with Crippen molar-refractivity contribution in [2.24, 2.45) is 5.73 Å². The average Bonchev–Trinajstić information content (AvgIpc) is 2.75. The smallest absolute Gasteiger partial charge is 0.148 e.